The van der Waals surface area contributed by atoms with Gasteiger partial charge in [-0.05, 0) is 87.1 Å². The average Bonchev–Trinajstić information content (AvgIpc) is 3.76. The summed E-state index contributed by atoms with van der Waals surface area (Å²) in [6.07, 6.45) is 3.19. The molecular formula is C51H71N9O8S2. The van der Waals surface area contributed by atoms with E-state index in [0.29, 0.717) is 44.4 Å². The van der Waals surface area contributed by atoms with Crippen LogP contribution in [0.2, 0.25) is 0 Å². The molecule has 380 valence electrons. The number of rotatable bonds is 17. The number of aromatic amines is 1. The number of nitrogens with two attached hydrogens (primary N) is 2. The van der Waals surface area contributed by atoms with E-state index < -0.39 is 90.5 Å². The zero-order chi connectivity index (χ0) is 50.6. The number of hydrogen-bond acceptors (Lipinski definition) is 12. The number of aliphatic hydroxyl groups excluding tert-OH is 2. The lowest BCUT2D eigenvalue weighted by molar-refractivity contribution is -0.135. The molecule has 1 aliphatic rings. The van der Waals surface area contributed by atoms with E-state index in [9.17, 15) is 39.0 Å². The summed E-state index contributed by atoms with van der Waals surface area (Å²) in [5, 5.41) is 38.4. The summed E-state index contributed by atoms with van der Waals surface area (Å²) < 4.78 is 0. The molecule has 1 aromatic heterocycles. The van der Waals surface area contributed by atoms with Crippen molar-refractivity contribution in [3.05, 3.63) is 108 Å². The highest BCUT2D eigenvalue weighted by Gasteiger charge is 2.35. The van der Waals surface area contributed by atoms with E-state index in [1.54, 1.807) is 20.0 Å². The molecule has 1 fully saturated rings. The molecule has 1 unspecified atom stereocenters. The molecular weight excluding hydrogens is 931 g/mol. The van der Waals surface area contributed by atoms with Crippen molar-refractivity contribution < 1.29 is 39.0 Å². The van der Waals surface area contributed by atoms with Gasteiger partial charge in [-0.15, -0.1) is 0 Å². The van der Waals surface area contributed by atoms with Crippen molar-refractivity contribution in [3.63, 3.8) is 0 Å². The Bertz CT molecular complexity index is 2300. The molecule has 70 heavy (non-hydrogen) atoms. The van der Waals surface area contributed by atoms with Crippen molar-refractivity contribution in [1.82, 2.24) is 36.9 Å². The molecule has 17 nitrogen and oxygen atoms in total. The molecule has 0 saturated carbocycles. The maximum Gasteiger partial charge on any atom is 0.243 e. The third-order valence-corrected chi connectivity index (χ3v) is 14.9. The van der Waals surface area contributed by atoms with Crippen molar-refractivity contribution in [1.29, 1.82) is 0 Å². The van der Waals surface area contributed by atoms with Gasteiger partial charge in [0, 0.05) is 47.0 Å². The maximum absolute atomic E-state index is 14.8. The first-order valence-corrected chi connectivity index (χ1v) is 26.6. The van der Waals surface area contributed by atoms with E-state index in [-0.39, 0.29) is 36.8 Å². The zero-order valence-electron chi connectivity index (χ0n) is 40.2. The number of hydrogen-bond donors (Lipinski definition) is 11. The first kappa shape index (κ1) is 55.5. The van der Waals surface area contributed by atoms with Gasteiger partial charge in [-0.3, -0.25) is 28.8 Å². The monoisotopic (exact) mass is 1000 g/mol. The Kier molecular flexibility index (Phi) is 22.5. The molecule has 9 atom stereocenters. The van der Waals surface area contributed by atoms with Crippen molar-refractivity contribution >= 4 is 67.9 Å². The molecule has 0 radical (unpaired) electrons. The Morgan fingerprint density at radius 3 is 2.07 bits per heavy atom. The number of unbranched alkanes of at least 4 members (excludes halogenated alkanes) is 1. The van der Waals surface area contributed by atoms with Crippen molar-refractivity contribution in [2.45, 2.75) is 121 Å². The standard InChI is InChI=1S/C51H71N9O8S2/c1-31(2)45-51(68)59-44(50(67)58-43(28-61)32(3)62)30-70-69-29-37(55-47(64)39(53)25-34-16-8-5-9-17-34)22-21-35(24-33-14-6-4-7-15-33)46(63)57-42(26-36-27-54-40-19-11-10-18-38(36)40)49(66)56-41(48(65)60-45)20-12-13-23-52/h4-11,14-19,27,31-32,35,37,39,41-45,54,61-62H,12-13,20-26,28-30,52-53H2,1-3H3,(H,55,64)(H,56,66)(H,57,63)(H,58,67)(H,59,68)(H,60,65)/t32?,35-,37+,39+,41-,42+,43+,44-,45-/m0/s1. The van der Waals surface area contributed by atoms with Crippen LogP contribution in [0.4, 0.5) is 0 Å². The number of nitrogens with one attached hydrogen (secondary N) is 7. The summed E-state index contributed by atoms with van der Waals surface area (Å²) in [5.41, 5.74) is 15.7. The number of amides is 6. The zero-order valence-corrected chi connectivity index (χ0v) is 41.9. The Labute approximate surface area is 418 Å². The lowest BCUT2D eigenvalue weighted by atomic mass is 9.91. The van der Waals surface area contributed by atoms with Gasteiger partial charge in [0.1, 0.15) is 24.2 Å². The number of aromatic nitrogens is 1. The largest absolute Gasteiger partial charge is 0.394 e. The molecule has 1 aliphatic heterocycles. The van der Waals surface area contributed by atoms with Crippen LogP contribution in [-0.2, 0) is 48.0 Å². The normalized spacial score (nSPS) is 22.7. The quantitative estimate of drug-likeness (QED) is 0.0538. The second-order valence-corrected chi connectivity index (χ2v) is 20.9. The highest BCUT2D eigenvalue weighted by molar-refractivity contribution is 8.76. The van der Waals surface area contributed by atoms with E-state index in [1.807, 2.05) is 84.9 Å². The summed E-state index contributed by atoms with van der Waals surface area (Å²) in [4.78, 5) is 88.9. The first-order valence-electron chi connectivity index (χ1n) is 24.1. The van der Waals surface area contributed by atoms with Crippen LogP contribution < -0.4 is 43.4 Å². The molecule has 13 N–H and O–H groups in total. The molecule has 19 heteroatoms. The Hall–Kier alpha value is -5.44. The second-order valence-electron chi connectivity index (χ2n) is 18.3. The third kappa shape index (κ3) is 17.2. The molecule has 0 spiro atoms. The molecule has 5 rings (SSSR count). The number of benzene rings is 3. The second kappa shape index (κ2) is 28.4. The topological polar surface area (TPSA) is 283 Å². The van der Waals surface area contributed by atoms with E-state index in [4.69, 9.17) is 11.5 Å². The van der Waals surface area contributed by atoms with Crippen LogP contribution >= 0.6 is 21.6 Å². The number of carbonyl (C=O) groups excluding carboxylic acids is 6. The van der Waals surface area contributed by atoms with Gasteiger partial charge < -0.3 is 58.6 Å². The number of aliphatic hydroxyl groups is 2. The van der Waals surface area contributed by atoms with Crippen molar-refractivity contribution in [2.24, 2.45) is 23.3 Å². The first-order chi connectivity index (χ1) is 33.7. The van der Waals surface area contributed by atoms with Gasteiger partial charge in [-0.1, -0.05) is 114 Å². The molecule has 1 saturated heterocycles. The molecule has 6 amide bonds. The van der Waals surface area contributed by atoms with Crippen molar-refractivity contribution in [3.8, 4) is 0 Å². The Morgan fingerprint density at radius 1 is 0.757 bits per heavy atom. The SMILES string of the molecule is CC(C)[C@@H]1NC(=O)[C@H](CCCCN)NC(=O)[C@@H](Cc2c[nH]c3ccccc23)NC(=O)[C@H](Cc2ccccc2)CC[C@@H](NC(=O)[C@H](N)Cc2ccccc2)CSSC[C@@H](C(=O)N[C@H](CO)C(C)O)NC1=O. The molecule has 4 aromatic rings. The minimum Gasteiger partial charge on any atom is -0.394 e. The van der Waals surface area contributed by atoms with Gasteiger partial charge in [-0.2, -0.15) is 0 Å². The predicted octanol–water partition coefficient (Wildman–Crippen LogP) is 2.38. The minimum atomic E-state index is -1.20. The van der Waals surface area contributed by atoms with E-state index in [0.717, 1.165) is 27.6 Å². The Morgan fingerprint density at radius 2 is 1.40 bits per heavy atom. The van der Waals surface area contributed by atoms with Gasteiger partial charge in [0.05, 0.1) is 24.8 Å². The third-order valence-electron chi connectivity index (χ3n) is 12.4. The molecule has 0 bridgehead atoms. The fraction of sp³-hybridized carbons (Fsp3) is 0.490. The number of para-hydroxylation sites is 1. The molecule has 3 aromatic carbocycles. The van der Waals surface area contributed by atoms with E-state index in [1.165, 1.54) is 28.5 Å². The van der Waals surface area contributed by atoms with Crippen molar-refractivity contribution in [2.75, 3.05) is 24.7 Å². The fourth-order valence-electron chi connectivity index (χ4n) is 8.23. The van der Waals surface area contributed by atoms with Crippen LogP contribution in [0.3, 0.4) is 0 Å². The fourth-order valence-corrected chi connectivity index (χ4v) is 10.7. The molecule has 0 aliphatic carbocycles. The summed E-state index contributed by atoms with van der Waals surface area (Å²) in [6.45, 7) is 4.67. The minimum absolute atomic E-state index is 0.0156. The van der Waals surface area contributed by atoms with Crippen LogP contribution in [0, 0.1) is 11.8 Å². The van der Waals surface area contributed by atoms with Gasteiger partial charge in [0.15, 0.2) is 0 Å². The number of fused-ring (bicyclic) bond motifs is 1. The van der Waals surface area contributed by atoms with Gasteiger partial charge >= 0.3 is 0 Å². The number of H-pyrrole nitrogens is 1. The average molecular weight is 1000 g/mol. The van der Waals surface area contributed by atoms with Gasteiger partial charge in [0.25, 0.3) is 0 Å². The molecule has 2 heterocycles. The van der Waals surface area contributed by atoms with Crippen LogP contribution in [-0.4, -0.2) is 124 Å². The van der Waals surface area contributed by atoms with E-state index in [2.05, 4.69) is 36.9 Å². The maximum atomic E-state index is 14.8. The summed E-state index contributed by atoms with van der Waals surface area (Å²) >= 11 is 0. The van der Waals surface area contributed by atoms with Crippen LogP contribution in [0.1, 0.15) is 69.6 Å². The smallest absolute Gasteiger partial charge is 0.243 e. The van der Waals surface area contributed by atoms with Crippen LogP contribution in [0.25, 0.3) is 10.9 Å². The van der Waals surface area contributed by atoms with Gasteiger partial charge in [-0.25, -0.2) is 0 Å². The van der Waals surface area contributed by atoms with Gasteiger partial charge in [0.2, 0.25) is 35.4 Å². The highest BCUT2D eigenvalue weighted by Crippen LogP contribution is 2.27. The lowest BCUT2D eigenvalue weighted by Crippen LogP contribution is -2.60. The van der Waals surface area contributed by atoms with Crippen LogP contribution in [0.15, 0.2) is 91.1 Å². The van der Waals surface area contributed by atoms with E-state index >= 15 is 0 Å². The summed E-state index contributed by atoms with van der Waals surface area (Å²) in [5.74, 6) is -4.18. The lowest BCUT2D eigenvalue weighted by Gasteiger charge is -2.29. The summed E-state index contributed by atoms with van der Waals surface area (Å²) in [6, 6.07) is 19.5. The highest BCUT2D eigenvalue weighted by atomic mass is 33.1. The number of carbonyl (C=O) groups is 6. The Balaban J connectivity index is 1.54. The van der Waals surface area contributed by atoms with Crippen LogP contribution in [0.5, 0.6) is 0 Å². The summed E-state index contributed by atoms with van der Waals surface area (Å²) in [7, 11) is 2.61. The predicted molar refractivity (Wildman–Crippen MR) is 276 cm³/mol.